The number of rotatable bonds is 7. The van der Waals surface area contributed by atoms with Crippen LogP contribution in [0.5, 0.6) is 0 Å². The van der Waals surface area contributed by atoms with Crippen molar-refractivity contribution in [3.8, 4) is 0 Å². The number of benzene rings is 1. The predicted octanol–water partition coefficient (Wildman–Crippen LogP) is 1.75. The Hall–Kier alpha value is -1.13. The highest BCUT2D eigenvalue weighted by Gasteiger charge is 2.07. The van der Waals surface area contributed by atoms with Crippen LogP contribution in [0.3, 0.4) is 0 Å². The molecule has 4 heteroatoms. The van der Waals surface area contributed by atoms with E-state index in [-0.39, 0.29) is 12.4 Å². The molecule has 0 aliphatic carbocycles. The summed E-state index contributed by atoms with van der Waals surface area (Å²) >= 11 is 0. The molecule has 3 nitrogen and oxygen atoms in total. The second-order valence-electron chi connectivity index (χ2n) is 4.11. The van der Waals surface area contributed by atoms with Gasteiger partial charge in [0.2, 0.25) is 0 Å². The first-order valence-electron chi connectivity index (χ1n) is 6.00. The van der Waals surface area contributed by atoms with E-state index in [1.807, 2.05) is 6.07 Å². The molecule has 0 bridgehead atoms. The Bertz CT molecular complexity index is 344. The van der Waals surface area contributed by atoms with E-state index in [0.29, 0.717) is 12.2 Å². The van der Waals surface area contributed by atoms with E-state index in [0.717, 1.165) is 25.1 Å². The number of likely N-dealkylation sites (N-methyl/N-ethyl adjacent to an activating group) is 1. The highest BCUT2D eigenvalue weighted by atomic mass is 19.1. The lowest BCUT2D eigenvalue weighted by molar-refractivity contribution is 0.303. The molecule has 1 rings (SSSR count). The van der Waals surface area contributed by atoms with E-state index in [1.54, 1.807) is 18.0 Å². The highest BCUT2D eigenvalue weighted by Crippen LogP contribution is 2.19. The van der Waals surface area contributed by atoms with E-state index in [1.165, 1.54) is 6.07 Å². The lowest BCUT2D eigenvalue weighted by Crippen LogP contribution is -2.22. The molecule has 0 spiro atoms. The molecule has 0 amide bonds. The van der Waals surface area contributed by atoms with Crippen LogP contribution in [0.2, 0.25) is 0 Å². The molecule has 0 saturated carbocycles. The van der Waals surface area contributed by atoms with Crippen molar-refractivity contribution >= 4 is 5.69 Å². The summed E-state index contributed by atoms with van der Waals surface area (Å²) < 4.78 is 13.6. The number of halogens is 1. The van der Waals surface area contributed by atoms with Crippen LogP contribution in [-0.4, -0.2) is 31.9 Å². The van der Waals surface area contributed by atoms with Crippen LogP contribution in [-0.2, 0) is 6.54 Å². The van der Waals surface area contributed by atoms with Gasteiger partial charge in [-0.05, 0) is 30.7 Å². The van der Waals surface area contributed by atoms with Gasteiger partial charge in [-0.1, -0.05) is 13.0 Å². The monoisotopic (exact) mass is 240 g/mol. The minimum atomic E-state index is -0.250. The van der Waals surface area contributed by atoms with Gasteiger partial charge in [0, 0.05) is 20.1 Å². The smallest absolute Gasteiger partial charge is 0.146 e. The number of aliphatic hydroxyl groups is 1. The number of aliphatic hydroxyl groups excluding tert-OH is 1. The van der Waals surface area contributed by atoms with Gasteiger partial charge in [0.1, 0.15) is 5.82 Å². The van der Waals surface area contributed by atoms with Crippen molar-refractivity contribution in [3.05, 3.63) is 29.6 Å². The summed E-state index contributed by atoms with van der Waals surface area (Å²) in [5.41, 5.74) is 1.59. The maximum absolute atomic E-state index is 13.6. The van der Waals surface area contributed by atoms with Crippen LogP contribution in [0, 0.1) is 5.82 Å². The SMILES string of the molecule is CCCNCc1ccc(F)c(N(C)CCO)c1. The van der Waals surface area contributed by atoms with Gasteiger partial charge < -0.3 is 15.3 Å². The molecule has 0 aliphatic heterocycles. The topological polar surface area (TPSA) is 35.5 Å². The van der Waals surface area contributed by atoms with Crippen molar-refractivity contribution < 1.29 is 9.50 Å². The Morgan fingerprint density at radius 2 is 2.18 bits per heavy atom. The molecule has 1 aromatic carbocycles. The second kappa shape index (κ2) is 7.25. The van der Waals surface area contributed by atoms with Crippen molar-refractivity contribution in [2.24, 2.45) is 0 Å². The summed E-state index contributed by atoms with van der Waals surface area (Å²) in [6.45, 7) is 4.27. The maximum atomic E-state index is 13.6. The lowest BCUT2D eigenvalue weighted by atomic mass is 10.1. The average molecular weight is 240 g/mol. The largest absolute Gasteiger partial charge is 0.395 e. The van der Waals surface area contributed by atoms with Gasteiger partial charge in [-0.25, -0.2) is 4.39 Å². The Balaban J connectivity index is 2.72. The van der Waals surface area contributed by atoms with Crippen LogP contribution in [0.25, 0.3) is 0 Å². The van der Waals surface area contributed by atoms with Crippen molar-refractivity contribution in [1.29, 1.82) is 0 Å². The van der Waals surface area contributed by atoms with E-state index in [2.05, 4.69) is 12.2 Å². The number of hydrogen-bond acceptors (Lipinski definition) is 3. The molecular formula is C13H21FN2O. The van der Waals surface area contributed by atoms with Crippen molar-refractivity contribution in [3.63, 3.8) is 0 Å². The molecule has 0 aliphatic rings. The summed E-state index contributed by atoms with van der Waals surface area (Å²) in [5.74, 6) is -0.250. The Morgan fingerprint density at radius 3 is 2.82 bits per heavy atom. The molecule has 0 aromatic heterocycles. The summed E-state index contributed by atoms with van der Waals surface area (Å²) in [5, 5.41) is 12.1. The minimum Gasteiger partial charge on any atom is -0.395 e. The third-order valence-corrected chi connectivity index (χ3v) is 2.61. The fourth-order valence-electron chi connectivity index (χ4n) is 1.64. The number of hydrogen-bond donors (Lipinski definition) is 2. The van der Waals surface area contributed by atoms with Crippen LogP contribution < -0.4 is 10.2 Å². The van der Waals surface area contributed by atoms with Gasteiger partial charge in [-0.15, -0.1) is 0 Å². The Kier molecular flexibility index (Phi) is 5.94. The third-order valence-electron chi connectivity index (χ3n) is 2.61. The number of anilines is 1. The number of nitrogens with one attached hydrogen (secondary N) is 1. The van der Waals surface area contributed by atoms with Crippen LogP contribution >= 0.6 is 0 Å². The first-order valence-corrected chi connectivity index (χ1v) is 6.00. The van der Waals surface area contributed by atoms with Crippen LogP contribution in [0.1, 0.15) is 18.9 Å². The fraction of sp³-hybridized carbons (Fsp3) is 0.538. The molecule has 1 aromatic rings. The fourth-order valence-corrected chi connectivity index (χ4v) is 1.64. The Labute approximate surface area is 102 Å². The van der Waals surface area contributed by atoms with E-state index in [4.69, 9.17) is 5.11 Å². The predicted molar refractivity (Wildman–Crippen MR) is 68.8 cm³/mol. The Morgan fingerprint density at radius 1 is 1.41 bits per heavy atom. The van der Waals surface area contributed by atoms with Gasteiger partial charge in [0.05, 0.1) is 12.3 Å². The van der Waals surface area contributed by atoms with Crippen molar-refractivity contribution in [2.45, 2.75) is 19.9 Å². The first-order chi connectivity index (χ1) is 8.19. The average Bonchev–Trinajstić information content (AvgIpc) is 2.32. The molecule has 96 valence electrons. The normalized spacial score (nSPS) is 10.6. The summed E-state index contributed by atoms with van der Waals surface area (Å²) in [4.78, 5) is 1.72. The molecule has 0 radical (unpaired) electrons. The molecule has 0 unspecified atom stereocenters. The van der Waals surface area contributed by atoms with Gasteiger partial charge in [-0.2, -0.15) is 0 Å². The van der Waals surface area contributed by atoms with Crippen molar-refractivity contribution in [1.82, 2.24) is 5.32 Å². The quantitative estimate of drug-likeness (QED) is 0.713. The lowest BCUT2D eigenvalue weighted by Gasteiger charge is -2.19. The number of nitrogens with zero attached hydrogens (tertiary/aromatic N) is 1. The molecular weight excluding hydrogens is 219 g/mol. The standard InChI is InChI=1S/C13H21FN2O/c1-3-6-15-10-11-4-5-12(14)13(9-11)16(2)7-8-17/h4-5,9,15,17H,3,6-8,10H2,1-2H3. The molecule has 0 heterocycles. The zero-order chi connectivity index (χ0) is 12.7. The summed E-state index contributed by atoms with van der Waals surface area (Å²) in [6, 6.07) is 5.09. The highest BCUT2D eigenvalue weighted by molar-refractivity contribution is 5.49. The van der Waals surface area contributed by atoms with E-state index in [9.17, 15) is 4.39 Å². The first kappa shape index (κ1) is 13.9. The zero-order valence-corrected chi connectivity index (χ0v) is 10.5. The van der Waals surface area contributed by atoms with E-state index >= 15 is 0 Å². The maximum Gasteiger partial charge on any atom is 0.146 e. The summed E-state index contributed by atoms with van der Waals surface area (Å²) in [7, 11) is 1.78. The van der Waals surface area contributed by atoms with Crippen molar-refractivity contribution in [2.75, 3.05) is 31.6 Å². The van der Waals surface area contributed by atoms with Gasteiger partial charge in [-0.3, -0.25) is 0 Å². The molecule has 2 N–H and O–H groups in total. The van der Waals surface area contributed by atoms with Crippen LogP contribution in [0.4, 0.5) is 10.1 Å². The molecule has 17 heavy (non-hydrogen) atoms. The molecule has 0 saturated heterocycles. The minimum absolute atomic E-state index is 0.0221. The van der Waals surface area contributed by atoms with Gasteiger partial charge in [0.25, 0.3) is 0 Å². The van der Waals surface area contributed by atoms with Gasteiger partial charge in [0.15, 0.2) is 0 Å². The molecule has 0 atom stereocenters. The summed E-state index contributed by atoms with van der Waals surface area (Å²) in [6.07, 6.45) is 1.08. The van der Waals surface area contributed by atoms with Gasteiger partial charge >= 0.3 is 0 Å². The molecule has 0 fully saturated rings. The van der Waals surface area contributed by atoms with E-state index < -0.39 is 0 Å². The van der Waals surface area contributed by atoms with Crippen LogP contribution in [0.15, 0.2) is 18.2 Å². The zero-order valence-electron chi connectivity index (χ0n) is 10.5. The second-order valence-corrected chi connectivity index (χ2v) is 4.11. The third kappa shape index (κ3) is 4.32.